The van der Waals surface area contributed by atoms with E-state index in [-0.39, 0.29) is 6.61 Å². The second-order valence-electron chi connectivity index (χ2n) is 8.66. The minimum absolute atomic E-state index is 0.124. The second-order valence-corrected chi connectivity index (χ2v) is 9.07. The predicted molar refractivity (Wildman–Crippen MR) is 136 cm³/mol. The van der Waals surface area contributed by atoms with Crippen LogP contribution >= 0.6 is 11.6 Å². The average molecular weight is 478 g/mol. The highest BCUT2D eigenvalue weighted by atomic mass is 35.5. The number of aromatic nitrogens is 3. The SMILES string of the molecule is COc1cc(CO)c(-c2cn3ccc(NC4CCC(Nc5ccccn5)CC4)cc3n2)cc1Cl. The van der Waals surface area contributed by atoms with E-state index in [1.165, 1.54) is 0 Å². The van der Waals surface area contributed by atoms with Crippen molar-refractivity contribution in [2.24, 2.45) is 0 Å². The molecule has 0 atom stereocenters. The molecule has 1 aromatic carbocycles. The number of methoxy groups -OCH3 is 1. The van der Waals surface area contributed by atoms with E-state index < -0.39 is 0 Å². The Kier molecular flexibility index (Phi) is 6.56. The van der Waals surface area contributed by atoms with Gasteiger partial charge in [-0.3, -0.25) is 0 Å². The van der Waals surface area contributed by atoms with E-state index in [0.717, 1.165) is 59.7 Å². The highest BCUT2D eigenvalue weighted by Gasteiger charge is 2.21. The Morgan fingerprint density at radius 2 is 1.88 bits per heavy atom. The number of hydrogen-bond donors (Lipinski definition) is 3. The fourth-order valence-electron chi connectivity index (χ4n) is 4.60. The summed E-state index contributed by atoms with van der Waals surface area (Å²) in [6, 6.07) is 14.5. The minimum atomic E-state index is -0.124. The van der Waals surface area contributed by atoms with Crippen LogP contribution in [0.5, 0.6) is 5.75 Å². The van der Waals surface area contributed by atoms with E-state index in [2.05, 4.69) is 27.8 Å². The van der Waals surface area contributed by atoms with Crippen LogP contribution in [-0.2, 0) is 6.61 Å². The molecule has 1 fully saturated rings. The van der Waals surface area contributed by atoms with Gasteiger partial charge >= 0.3 is 0 Å². The Labute approximate surface area is 203 Å². The maximum Gasteiger partial charge on any atom is 0.139 e. The summed E-state index contributed by atoms with van der Waals surface area (Å²) < 4.78 is 7.26. The van der Waals surface area contributed by atoms with Crippen molar-refractivity contribution in [1.82, 2.24) is 14.4 Å². The quantitative estimate of drug-likeness (QED) is 0.331. The highest BCUT2D eigenvalue weighted by Crippen LogP contribution is 2.34. The lowest BCUT2D eigenvalue weighted by molar-refractivity contribution is 0.281. The highest BCUT2D eigenvalue weighted by molar-refractivity contribution is 6.32. The number of aliphatic hydroxyl groups is 1. The van der Waals surface area contributed by atoms with Gasteiger partial charge in [-0.25, -0.2) is 9.97 Å². The number of imidazole rings is 1. The fraction of sp³-hybridized carbons (Fsp3) is 0.308. The summed E-state index contributed by atoms with van der Waals surface area (Å²) in [5, 5.41) is 17.5. The molecule has 5 rings (SSSR count). The van der Waals surface area contributed by atoms with Crippen LogP contribution in [-0.4, -0.2) is 38.7 Å². The third-order valence-corrected chi connectivity index (χ3v) is 6.69. The molecule has 0 unspecified atom stereocenters. The van der Waals surface area contributed by atoms with Crippen molar-refractivity contribution in [1.29, 1.82) is 0 Å². The summed E-state index contributed by atoms with van der Waals surface area (Å²) in [7, 11) is 1.56. The van der Waals surface area contributed by atoms with Crippen molar-refractivity contribution in [2.45, 2.75) is 44.4 Å². The standard InChI is InChI=1S/C26H28ClN5O2/c1-34-24-12-17(16-33)21(14-22(24)27)23-15-32-11-9-20(13-26(32)31-23)29-18-5-7-19(8-6-18)30-25-4-2-3-10-28-25/h2-4,9-15,18-19,29,33H,5-8,16H2,1H3,(H,28,30). The molecule has 1 aliphatic rings. The molecule has 34 heavy (non-hydrogen) atoms. The number of hydrogen-bond acceptors (Lipinski definition) is 6. The first-order valence-corrected chi connectivity index (χ1v) is 11.9. The largest absolute Gasteiger partial charge is 0.495 e. The smallest absolute Gasteiger partial charge is 0.139 e. The number of halogens is 1. The van der Waals surface area contributed by atoms with Gasteiger partial charge in [0.15, 0.2) is 0 Å². The van der Waals surface area contributed by atoms with Crippen LogP contribution in [0, 0.1) is 0 Å². The Morgan fingerprint density at radius 1 is 1.09 bits per heavy atom. The van der Waals surface area contributed by atoms with Crippen LogP contribution < -0.4 is 15.4 Å². The first-order chi connectivity index (χ1) is 16.6. The molecule has 0 bridgehead atoms. The first-order valence-electron chi connectivity index (χ1n) is 11.5. The number of nitrogens with zero attached hydrogens (tertiary/aromatic N) is 3. The zero-order valence-corrected chi connectivity index (χ0v) is 19.8. The Hall–Kier alpha value is -3.29. The minimum Gasteiger partial charge on any atom is -0.495 e. The van der Waals surface area contributed by atoms with Crippen LogP contribution in [0.1, 0.15) is 31.2 Å². The third kappa shape index (κ3) is 4.81. The number of pyridine rings is 2. The number of nitrogens with one attached hydrogen (secondary N) is 2. The maximum absolute atomic E-state index is 9.84. The normalized spacial score (nSPS) is 18.1. The zero-order chi connectivity index (χ0) is 23.5. The van der Waals surface area contributed by atoms with Gasteiger partial charge in [-0.1, -0.05) is 17.7 Å². The van der Waals surface area contributed by atoms with Gasteiger partial charge in [0.05, 0.1) is 24.4 Å². The first kappa shape index (κ1) is 22.5. The van der Waals surface area contributed by atoms with Crippen molar-refractivity contribution >= 4 is 28.8 Å². The molecule has 8 heteroatoms. The average Bonchev–Trinajstić information content (AvgIpc) is 3.29. The molecule has 7 nitrogen and oxygen atoms in total. The number of rotatable bonds is 7. The number of benzene rings is 1. The van der Waals surface area contributed by atoms with Gasteiger partial charge in [-0.15, -0.1) is 0 Å². The molecule has 4 aromatic rings. The summed E-state index contributed by atoms with van der Waals surface area (Å²) in [4.78, 5) is 9.17. The molecule has 0 spiro atoms. The molecule has 0 saturated heterocycles. The molecule has 3 aromatic heterocycles. The Balaban J connectivity index is 1.27. The van der Waals surface area contributed by atoms with Crippen LogP contribution in [0.3, 0.4) is 0 Å². The lowest BCUT2D eigenvalue weighted by Crippen LogP contribution is -2.32. The summed E-state index contributed by atoms with van der Waals surface area (Å²) in [5.74, 6) is 1.48. The van der Waals surface area contributed by atoms with Crippen molar-refractivity contribution in [3.8, 4) is 17.0 Å². The molecule has 176 valence electrons. The second kappa shape index (κ2) is 9.91. The van der Waals surface area contributed by atoms with Gasteiger partial charge in [0.25, 0.3) is 0 Å². The zero-order valence-electron chi connectivity index (χ0n) is 19.0. The van der Waals surface area contributed by atoms with Gasteiger partial charge in [0.1, 0.15) is 17.2 Å². The van der Waals surface area contributed by atoms with Gasteiger partial charge in [-0.05, 0) is 61.6 Å². The predicted octanol–water partition coefficient (Wildman–Crippen LogP) is 5.39. The lowest BCUT2D eigenvalue weighted by atomic mass is 9.91. The number of aliphatic hydroxyl groups excluding tert-OH is 1. The molecular weight excluding hydrogens is 450 g/mol. The van der Waals surface area contributed by atoms with E-state index in [0.29, 0.717) is 22.9 Å². The van der Waals surface area contributed by atoms with E-state index >= 15 is 0 Å². The van der Waals surface area contributed by atoms with Crippen LogP contribution in [0.15, 0.2) is 61.1 Å². The topological polar surface area (TPSA) is 83.7 Å². The van der Waals surface area contributed by atoms with Gasteiger partial charge in [-0.2, -0.15) is 0 Å². The lowest BCUT2D eigenvalue weighted by Gasteiger charge is -2.30. The maximum atomic E-state index is 9.84. The summed E-state index contributed by atoms with van der Waals surface area (Å²) in [5.41, 5.74) is 4.17. The van der Waals surface area contributed by atoms with Crippen LogP contribution in [0.2, 0.25) is 5.02 Å². The molecule has 0 aliphatic heterocycles. The van der Waals surface area contributed by atoms with Crippen molar-refractivity contribution in [3.63, 3.8) is 0 Å². The number of fused-ring (bicyclic) bond motifs is 1. The van der Waals surface area contributed by atoms with Crippen molar-refractivity contribution < 1.29 is 9.84 Å². The van der Waals surface area contributed by atoms with E-state index in [9.17, 15) is 5.11 Å². The van der Waals surface area contributed by atoms with Crippen molar-refractivity contribution in [2.75, 3.05) is 17.7 Å². The molecule has 3 N–H and O–H groups in total. The Morgan fingerprint density at radius 3 is 2.59 bits per heavy atom. The fourth-order valence-corrected chi connectivity index (χ4v) is 4.84. The van der Waals surface area contributed by atoms with E-state index in [1.807, 2.05) is 41.2 Å². The summed E-state index contributed by atoms with van der Waals surface area (Å²) >= 11 is 6.34. The summed E-state index contributed by atoms with van der Waals surface area (Å²) in [6.07, 6.45) is 10.2. The molecule has 3 heterocycles. The monoisotopic (exact) mass is 477 g/mol. The Bertz CT molecular complexity index is 1270. The number of anilines is 2. The van der Waals surface area contributed by atoms with Gasteiger partial charge in [0.2, 0.25) is 0 Å². The van der Waals surface area contributed by atoms with E-state index in [4.69, 9.17) is 21.3 Å². The van der Waals surface area contributed by atoms with Crippen LogP contribution in [0.25, 0.3) is 16.9 Å². The molecule has 1 aliphatic carbocycles. The van der Waals surface area contributed by atoms with Crippen LogP contribution in [0.4, 0.5) is 11.5 Å². The summed E-state index contributed by atoms with van der Waals surface area (Å²) in [6.45, 7) is -0.124. The van der Waals surface area contributed by atoms with Gasteiger partial charge < -0.3 is 24.9 Å². The molecule has 0 amide bonds. The van der Waals surface area contributed by atoms with Crippen molar-refractivity contribution in [3.05, 3.63) is 71.6 Å². The molecule has 1 saturated carbocycles. The third-order valence-electron chi connectivity index (χ3n) is 6.40. The van der Waals surface area contributed by atoms with E-state index in [1.54, 1.807) is 19.2 Å². The molecular formula is C26H28ClN5O2. The number of ether oxygens (including phenoxy) is 1. The van der Waals surface area contributed by atoms with Gasteiger partial charge in [0, 0.05) is 48.0 Å². The molecule has 0 radical (unpaired) electrons.